The molecule has 0 saturated carbocycles. The number of amides is 2. The standard InChI is InChI=1S/C22H23N7O5/c1-12(34-13(2)30)20(31)26-18-7-14(3-4-23-18)17-9-19-24-5-6-27(19)21(25-17)28-10-16-8-15(28)11-29(16)22(32)33/h3-7,9,12,15-16H,8,10-11H2,1-2H3,(H,32,33)(H,23,26,31)/t12-,15?,16?/m0/s1. The number of aromatic nitrogens is 4. The van der Waals surface area contributed by atoms with Crippen LogP contribution in [0, 0.1) is 0 Å². The van der Waals surface area contributed by atoms with Gasteiger partial charge in [-0.05, 0) is 25.5 Å². The molecule has 2 aliphatic rings. The van der Waals surface area contributed by atoms with E-state index in [9.17, 15) is 19.5 Å². The molecule has 2 fully saturated rings. The number of esters is 1. The number of ether oxygens (including phenoxy) is 1. The number of piperazine rings is 1. The zero-order valence-corrected chi connectivity index (χ0v) is 18.6. The summed E-state index contributed by atoms with van der Waals surface area (Å²) in [7, 11) is 0. The van der Waals surface area contributed by atoms with E-state index in [1.165, 1.54) is 18.7 Å². The quantitative estimate of drug-likeness (QED) is 0.537. The highest BCUT2D eigenvalue weighted by molar-refractivity contribution is 5.94. The maximum absolute atomic E-state index is 12.3. The molecule has 2 bridgehead atoms. The lowest BCUT2D eigenvalue weighted by atomic mass is 10.2. The monoisotopic (exact) mass is 465 g/mol. The molecule has 3 aromatic rings. The first kappa shape index (κ1) is 21.6. The maximum atomic E-state index is 12.3. The highest BCUT2D eigenvalue weighted by Gasteiger charge is 2.46. The summed E-state index contributed by atoms with van der Waals surface area (Å²) in [5, 5.41) is 12.1. The Morgan fingerprint density at radius 2 is 2.00 bits per heavy atom. The van der Waals surface area contributed by atoms with Crippen LogP contribution < -0.4 is 10.2 Å². The van der Waals surface area contributed by atoms with Gasteiger partial charge in [0, 0.05) is 50.2 Å². The highest BCUT2D eigenvalue weighted by Crippen LogP contribution is 2.35. The molecule has 0 aromatic carbocycles. The fourth-order valence-corrected chi connectivity index (χ4v) is 4.59. The molecule has 2 aliphatic heterocycles. The second-order valence-corrected chi connectivity index (χ2v) is 8.40. The molecule has 12 nitrogen and oxygen atoms in total. The molecule has 0 spiro atoms. The van der Waals surface area contributed by atoms with Gasteiger partial charge in [0.15, 0.2) is 6.10 Å². The van der Waals surface area contributed by atoms with Crippen molar-refractivity contribution in [2.75, 3.05) is 23.3 Å². The molecular formula is C22H23N7O5. The van der Waals surface area contributed by atoms with Crippen molar-refractivity contribution >= 4 is 35.4 Å². The lowest BCUT2D eigenvalue weighted by Gasteiger charge is -2.33. The van der Waals surface area contributed by atoms with Gasteiger partial charge >= 0.3 is 12.1 Å². The lowest BCUT2D eigenvalue weighted by Crippen LogP contribution is -2.49. The number of nitrogens with one attached hydrogen (secondary N) is 1. The molecule has 12 heteroatoms. The minimum absolute atomic E-state index is 0.0458. The van der Waals surface area contributed by atoms with Crippen LogP contribution in [-0.4, -0.2) is 78.6 Å². The first-order valence-electron chi connectivity index (χ1n) is 10.8. The fraction of sp³-hybridized carbons (Fsp3) is 0.364. The summed E-state index contributed by atoms with van der Waals surface area (Å²) >= 11 is 0. The molecule has 2 N–H and O–H groups in total. The van der Waals surface area contributed by atoms with Gasteiger partial charge in [-0.15, -0.1) is 0 Å². The van der Waals surface area contributed by atoms with E-state index in [2.05, 4.69) is 20.2 Å². The van der Waals surface area contributed by atoms with Crippen LogP contribution >= 0.6 is 0 Å². The second kappa shape index (κ2) is 8.28. The van der Waals surface area contributed by atoms with Crippen molar-refractivity contribution in [3.8, 4) is 11.3 Å². The lowest BCUT2D eigenvalue weighted by molar-refractivity contribution is -0.150. The van der Waals surface area contributed by atoms with Gasteiger partial charge in [-0.1, -0.05) is 0 Å². The summed E-state index contributed by atoms with van der Waals surface area (Å²) in [6, 6.07) is 5.28. The number of carboxylic acid groups (broad SMARTS) is 1. The van der Waals surface area contributed by atoms with Crippen LogP contribution in [0.3, 0.4) is 0 Å². The zero-order chi connectivity index (χ0) is 24.0. The number of imidazole rings is 1. The van der Waals surface area contributed by atoms with Gasteiger partial charge in [0.25, 0.3) is 5.91 Å². The Bertz CT molecular complexity index is 1290. The van der Waals surface area contributed by atoms with Crippen LogP contribution in [0.25, 0.3) is 16.9 Å². The molecule has 2 unspecified atom stereocenters. The van der Waals surface area contributed by atoms with Gasteiger partial charge in [0.2, 0.25) is 5.95 Å². The summed E-state index contributed by atoms with van der Waals surface area (Å²) in [5.41, 5.74) is 2.05. The third kappa shape index (κ3) is 3.87. The van der Waals surface area contributed by atoms with Gasteiger partial charge < -0.3 is 25.0 Å². The van der Waals surface area contributed by atoms with Gasteiger partial charge in [-0.25, -0.2) is 19.7 Å². The summed E-state index contributed by atoms with van der Waals surface area (Å²) in [6.45, 7) is 3.72. The van der Waals surface area contributed by atoms with E-state index in [1.807, 2.05) is 16.7 Å². The van der Waals surface area contributed by atoms with Crippen molar-refractivity contribution in [2.24, 2.45) is 0 Å². The maximum Gasteiger partial charge on any atom is 0.407 e. The average Bonchev–Trinajstić information content (AvgIpc) is 3.53. The smallest absolute Gasteiger partial charge is 0.407 e. The Kier molecular flexibility index (Phi) is 5.27. The van der Waals surface area contributed by atoms with Gasteiger partial charge in [-0.3, -0.25) is 14.0 Å². The van der Waals surface area contributed by atoms with Crippen LogP contribution in [-0.2, 0) is 14.3 Å². The van der Waals surface area contributed by atoms with Gasteiger partial charge in [-0.2, -0.15) is 0 Å². The van der Waals surface area contributed by atoms with Crippen molar-refractivity contribution in [3.63, 3.8) is 0 Å². The predicted molar refractivity (Wildman–Crippen MR) is 120 cm³/mol. The van der Waals surface area contributed by atoms with Gasteiger partial charge in [0.05, 0.1) is 17.8 Å². The fourth-order valence-electron chi connectivity index (χ4n) is 4.59. The van der Waals surface area contributed by atoms with Gasteiger partial charge in [0.1, 0.15) is 11.5 Å². The van der Waals surface area contributed by atoms with E-state index in [1.54, 1.807) is 24.5 Å². The Hall–Kier alpha value is -4.22. The summed E-state index contributed by atoms with van der Waals surface area (Å²) < 4.78 is 6.80. The summed E-state index contributed by atoms with van der Waals surface area (Å²) in [4.78, 5) is 52.0. The number of rotatable bonds is 5. The first-order chi connectivity index (χ1) is 16.3. The number of hydrogen-bond acceptors (Lipinski definition) is 8. The molecular weight excluding hydrogens is 442 g/mol. The topological polar surface area (TPSA) is 142 Å². The van der Waals surface area contributed by atoms with Crippen molar-refractivity contribution in [3.05, 3.63) is 36.8 Å². The third-order valence-electron chi connectivity index (χ3n) is 6.13. The van der Waals surface area contributed by atoms with E-state index < -0.39 is 24.1 Å². The molecule has 2 amide bonds. The Morgan fingerprint density at radius 1 is 1.18 bits per heavy atom. The number of anilines is 2. The van der Waals surface area contributed by atoms with Crippen molar-refractivity contribution < 1.29 is 24.2 Å². The number of carbonyl (C=O) groups is 3. The Balaban J connectivity index is 1.44. The highest BCUT2D eigenvalue weighted by atomic mass is 16.5. The summed E-state index contributed by atoms with van der Waals surface area (Å²) in [6.07, 6.45) is 4.00. The van der Waals surface area contributed by atoms with Crippen LogP contribution in [0.15, 0.2) is 36.8 Å². The molecule has 3 aromatic heterocycles. The molecule has 3 atom stereocenters. The molecule has 0 radical (unpaired) electrons. The van der Waals surface area contributed by atoms with Crippen LogP contribution in [0.2, 0.25) is 0 Å². The number of likely N-dealkylation sites (tertiary alicyclic amines) is 1. The van der Waals surface area contributed by atoms with Crippen molar-refractivity contribution in [2.45, 2.75) is 38.5 Å². The van der Waals surface area contributed by atoms with E-state index >= 15 is 0 Å². The van der Waals surface area contributed by atoms with Crippen LogP contribution in [0.4, 0.5) is 16.6 Å². The zero-order valence-electron chi connectivity index (χ0n) is 18.6. The number of fused-ring (bicyclic) bond motifs is 3. The minimum atomic E-state index is -0.954. The molecule has 176 valence electrons. The van der Waals surface area contributed by atoms with E-state index in [0.717, 1.165) is 6.42 Å². The number of carbonyl (C=O) groups excluding carboxylic acids is 2. The summed E-state index contributed by atoms with van der Waals surface area (Å²) in [5.74, 6) is -0.0525. The van der Waals surface area contributed by atoms with Crippen molar-refractivity contribution in [1.82, 2.24) is 24.3 Å². The molecule has 0 aliphatic carbocycles. The molecule has 34 heavy (non-hydrogen) atoms. The number of hydrogen-bond donors (Lipinski definition) is 2. The first-order valence-corrected chi connectivity index (χ1v) is 10.8. The average molecular weight is 465 g/mol. The molecule has 5 heterocycles. The molecule has 5 rings (SSSR count). The van der Waals surface area contributed by atoms with Crippen LogP contribution in [0.5, 0.6) is 0 Å². The number of pyridine rings is 1. The minimum Gasteiger partial charge on any atom is -0.465 e. The van der Waals surface area contributed by atoms with Crippen molar-refractivity contribution in [1.29, 1.82) is 0 Å². The third-order valence-corrected chi connectivity index (χ3v) is 6.13. The molecule has 2 saturated heterocycles. The SMILES string of the molecule is CC(=O)O[C@@H](C)C(=O)Nc1cc(-c2cc3nccn3c(N3CC4CC3CN4C(=O)O)n2)ccn1. The van der Waals surface area contributed by atoms with E-state index in [-0.39, 0.29) is 12.1 Å². The Morgan fingerprint density at radius 3 is 2.71 bits per heavy atom. The normalized spacial score (nSPS) is 19.9. The predicted octanol–water partition coefficient (Wildman–Crippen LogP) is 1.62. The number of nitrogens with zero attached hydrogens (tertiary/aromatic N) is 6. The largest absolute Gasteiger partial charge is 0.465 e. The van der Waals surface area contributed by atoms with E-state index in [0.29, 0.717) is 41.8 Å². The second-order valence-electron chi connectivity index (χ2n) is 8.40. The van der Waals surface area contributed by atoms with E-state index in [4.69, 9.17) is 9.72 Å². The Labute approximate surface area is 194 Å². The van der Waals surface area contributed by atoms with Crippen LogP contribution in [0.1, 0.15) is 20.3 Å².